The predicted octanol–water partition coefficient (Wildman–Crippen LogP) is 3.16. The lowest BCUT2D eigenvalue weighted by Crippen LogP contribution is -2.37. The lowest BCUT2D eigenvalue weighted by atomic mass is 10.0. The van der Waals surface area contributed by atoms with Crippen LogP contribution in [0.25, 0.3) is 0 Å². The summed E-state index contributed by atoms with van der Waals surface area (Å²) in [4.78, 5) is 16.5. The zero-order valence-corrected chi connectivity index (χ0v) is 13.3. The molecule has 0 saturated heterocycles. The molecule has 0 unspecified atom stereocenters. The summed E-state index contributed by atoms with van der Waals surface area (Å²) in [6, 6.07) is 7.69. The summed E-state index contributed by atoms with van der Waals surface area (Å²) in [7, 11) is 0. The Morgan fingerprint density at radius 2 is 2.32 bits per heavy atom. The molecule has 0 bridgehead atoms. The van der Waals surface area contributed by atoms with Crippen molar-refractivity contribution >= 4 is 17.4 Å². The largest absolute Gasteiger partial charge is 0.493 e. The van der Waals surface area contributed by atoms with Crippen molar-refractivity contribution < 1.29 is 9.53 Å². The minimum Gasteiger partial charge on any atom is -0.493 e. The standard InChI is InChI=1S/C16H19N3O2S/c1-11-18-12(10-22-11)9-17-16(20)19-14-6-4-8-21-15-7-3-2-5-13(14)15/h2-3,5,7,10,14H,4,6,8-9H2,1H3,(H2,17,19,20)/t14-/m1/s1. The van der Waals surface area contributed by atoms with E-state index in [9.17, 15) is 4.79 Å². The molecule has 0 radical (unpaired) electrons. The van der Waals surface area contributed by atoms with Gasteiger partial charge in [-0.1, -0.05) is 18.2 Å². The first-order valence-electron chi connectivity index (χ1n) is 7.39. The van der Waals surface area contributed by atoms with Crippen LogP contribution in [0.3, 0.4) is 0 Å². The fourth-order valence-electron chi connectivity index (χ4n) is 2.54. The smallest absolute Gasteiger partial charge is 0.315 e. The van der Waals surface area contributed by atoms with Crippen LogP contribution in [-0.2, 0) is 6.54 Å². The fraction of sp³-hybridized carbons (Fsp3) is 0.375. The first-order chi connectivity index (χ1) is 10.7. The first kappa shape index (κ1) is 14.8. The van der Waals surface area contributed by atoms with E-state index < -0.39 is 0 Å². The van der Waals surface area contributed by atoms with Crippen LogP contribution in [0.2, 0.25) is 0 Å². The molecular formula is C16H19N3O2S. The van der Waals surface area contributed by atoms with Gasteiger partial charge in [-0.2, -0.15) is 0 Å². The molecule has 1 atom stereocenters. The second-order valence-electron chi connectivity index (χ2n) is 5.27. The number of benzene rings is 1. The molecule has 2 heterocycles. The number of hydrogen-bond donors (Lipinski definition) is 2. The van der Waals surface area contributed by atoms with Gasteiger partial charge in [0.2, 0.25) is 0 Å². The van der Waals surface area contributed by atoms with E-state index in [1.54, 1.807) is 11.3 Å². The number of aryl methyl sites for hydroxylation is 1. The number of aromatic nitrogens is 1. The third-order valence-electron chi connectivity index (χ3n) is 3.59. The zero-order chi connectivity index (χ0) is 15.4. The second kappa shape index (κ2) is 6.79. The summed E-state index contributed by atoms with van der Waals surface area (Å²) < 4.78 is 5.71. The number of carbonyl (C=O) groups is 1. The number of fused-ring (bicyclic) bond motifs is 1. The van der Waals surface area contributed by atoms with Crippen LogP contribution in [-0.4, -0.2) is 17.6 Å². The average Bonchev–Trinajstić information content (AvgIpc) is 2.83. The lowest BCUT2D eigenvalue weighted by Gasteiger charge is -2.18. The third kappa shape index (κ3) is 3.57. The van der Waals surface area contributed by atoms with E-state index in [4.69, 9.17) is 4.74 Å². The summed E-state index contributed by atoms with van der Waals surface area (Å²) in [5.74, 6) is 0.862. The lowest BCUT2D eigenvalue weighted by molar-refractivity contribution is 0.235. The molecule has 2 aromatic rings. The number of amides is 2. The molecule has 0 fully saturated rings. The molecule has 0 spiro atoms. The number of para-hydroxylation sites is 1. The number of urea groups is 1. The number of thiazole rings is 1. The summed E-state index contributed by atoms with van der Waals surface area (Å²) in [5, 5.41) is 8.87. The highest BCUT2D eigenvalue weighted by molar-refractivity contribution is 7.09. The molecule has 0 aliphatic carbocycles. The van der Waals surface area contributed by atoms with Gasteiger partial charge < -0.3 is 15.4 Å². The van der Waals surface area contributed by atoms with Crippen molar-refractivity contribution in [2.24, 2.45) is 0 Å². The van der Waals surface area contributed by atoms with E-state index in [0.29, 0.717) is 13.2 Å². The van der Waals surface area contributed by atoms with Crippen molar-refractivity contribution in [1.82, 2.24) is 15.6 Å². The van der Waals surface area contributed by atoms with Gasteiger partial charge in [-0.15, -0.1) is 11.3 Å². The quantitative estimate of drug-likeness (QED) is 0.914. The van der Waals surface area contributed by atoms with E-state index in [1.165, 1.54) is 0 Å². The molecule has 5 nitrogen and oxygen atoms in total. The zero-order valence-electron chi connectivity index (χ0n) is 12.5. The number of carbonyl (C=O) groups excluding carboxylic acids is 1. The minimum atomic E-state index is -0.174. The van der Waals surface area contributed by atoms with Gasteiger partial charge in [-0.25, -0.2) is 9.78 Å². The second-order valence-corrected chi connectivity index (χ2v) is 6.33. The maximum Gasteiger partial charge on any atom is 0.315 e. The first-order valence-corrected chi connectivity index (χ1v) is 8.27. The van der Waals surface area contributed by atoms with E-state index in [1.807, 2.05) is 36.6 Å². The van der Waals surface area contributed by atoms with Crippen molar-refractivity contribution in [3.05, 3.63) is 45.9 Å². The number of nitrogens with one attached hydrogen (secondary N) is 2. The van der Waals surface area contributed by atoms with Gasteiger partial charge in [-0.3, -0.25) is 0 Å². The van der Waals surface area contributed by atoms with Gasteiger partial charge in [0.05, 0.1) is 29.9 Å². The Kier molecular flexibility index (Phi) is 4.58. The predicted molar refractivity (Wildman–Crippen MR) is 86.1 cm³/mol. The van der Waals surface area contributed by atoms with E-state index in [-0.39, 0.29) is 12.1 Å². The topological polar surface area (TPSA) is 63.2 Å². The van der Waals surface area contributed by atoms with Gasteiger partial charge in [0.25, 0.3) is 0 Å². The van der Waals surface area contributed by atoms with Crippen LogP contribution < -0.4 is 15.4 Å². The number of nitrogens with zero attached hydrogens (tertiary/aromatic N) is 1. The van der Waals surface area contributed by atoms with Crippen molar-refractivity contribution in [1.29, 1.82) is 0 Å². The normalized spacial score (nSPS) is 17.0. The summed E-state index contributed by atoms with van der Waals surface area (Å²) in [6.45, 7) is 3.09. The molecule has 1 aliphatic rings. The highest BCUT2D eigenvalue weighted by Gasteiger charge is 2.20. The Hall–Kier alpha value is -2.08. The maximum atomic E-state index is 12.1. The summed E-state index contributed by atoms with van der Waals surface area (Å²) >= 11 is 1.59. The van der Waals surface area contributed by atoms with Gasteiger partial charge in [-0.05, 0) is 25.8 Å². The van der Waals surface area contributed by atoms with Crippen molar-refractivity contribution in [3.63, 3.8) is 0 Å². The van der Waals surface area contributed by atoms with E-state index >= 15 is 0 Å². The highest BCUT2D eigenvalue weighted by atomic mass is 32.1. The number of ether oxygens (including phenoxy) is 1. The summed E-state index contributed by atoms with van der Waals surface area (Å²) in [5.41, 5.74) is 1.93. The molecular weight excluding hydrogens is 298 g/mol. The Morgan fingerprint density at radius 3 is 3.14 bits per heavy atom. The summed E-state index contributed by atoms with van der Waals surface area (Å²) in [6.07, 6.45) is 1.80. The molecule has 116 valence electrons. The molecule has 2 amide bonds. The molecule has 0 saturated carbocycles. The molecule has 3 rings (SSSR count). The van der Waals surface area contributed by atoms with Crippen molar-refractivity contribution in [3.8, 4) is 5.75 Å². The van der Waals surface area contributed by atoms with Crippen molar-refractivity contribution in [2.45, 2.75) is 32.4 Å². The number of rotatable bonds is 3. The molecule has 1 aromatic carbocycles. The maximum absolute atomic E-state index is 12.1. The van der Waals surface area contributed by atoms with E-state index in [0.717, 1.165) is 34.9 Å². The Balaban J connectivity index is 1.61. The number of hydrogen-bond acceptors (Lipinski definition) is 4. The Labute approximate surface area is 133 Å². The van der Waals surface area contributed by atoms with Crippen LogP contribution in [0, 0.1) is 6.92 Å². The minimum absolute atomic E-state index is 0.0177. The highest BCUT2D eigenvalue weighted by Crippen LogP contribution is 2.30. The van der Waals surface area contributed by atoms with Crippen LogP contribution in [0.15, 0.2) is 29.6 Å². The van der Waals surface area contributed by atoms with Gasteiger partial charge in [0.15, 0.2) is 0 Å². The van der Waals surface area contributed by atoms with Gasteiger partial charge in [0.1, 0.15) is 5.75 Å². The van der Waals surface area contributed by atoms with Crippen LogP contribution >= 0.6 is 11.3 Å². The molecule has 6 heteroatoms. The molecule has 22 heavy (non-hydrogen) atoms. The molecule has 1 aromatic heterocycles. The Bertz CT molecular complexity index is 656. The van der Waals surface area contributed by atoms with Crippen LogP contribution in [0.5, 0.6) is 5.75 Å². The van der Waals surface area contributed by atoms with E-state index in [2.05, 4.69) is 15.6 Å². The monoisotopic (exact) mass is 317 g/mol. The van der Waals surface area contributed by atoms with Gasteiger partial charge in [0, 0.05) is 10.9 Å². The molecule has 2 N–H and O–H groups in total. The van der Waals surface area contributed by atoms with Crippen LogP contribution in [0.4, 0.5) is 4.79 Å². The fourth-order valence-corrected chi connectivity index (χ4v) is 3.16. The van der Waals surface area contributed by atoms with Crippen LogP contribution in [0.1, 0.15) is 35.1 Å². The molecule has 1 aliphatic heterocycles. The SMILES string of the molecule is Cc1nc(CNC(=O)N[C@@H]2CCCOc3ccccc32)cs1. The third-order valence-corrected chi connectivity index (χ3v) is 4.41. The Morgan fingerprint density at radius 1 is 1.45 bits per heavy atom. The average molecular weight is 317 g/mol. The van der Waals surface area contributed by atoms with Gasteiger partial charge >= 0.3 is 6.03 Å². The van der Waals surface area contributed by atoms with Crippen molar-refractivity contribution in [2.75, 3.05) is 6.61 Å².